The Hall–Kier alpha value is -0.900. The minimum atomic E-state index is -3.15. The van der Waals surface area contributed by atoms with Crippen molar-refractivity contribution in [2.75, 3.05) is 0 Å². The fourth-order valence-electron chi connectivity index (χ4n) is 1.22. The third-order valence-electron chi connectivity index (χ3n) is 2.37. The van der Waals surface area contributed by atoms with Crippen molar-refractivity contribution < 1.29 is 13.0 Å². The zero-order chi connectivity index (χ0) is 10.9. The van der Waals surface area contributed by atoms with Gasteiger partial charge in [-0.25, -0.2) is 13.0 Å². The molecule has 0 aromatic carbocycles. The number of hydrogen-bond donors (Lipinski definition) is 0. The summed E-state index contributed by atoms with van der Waals surface area (Å²) in [5.41, 5.74) is 0.779. The number of pyridine rings is 1. The van der Waals surface area contributed by atoms with Crippen molar-refractivity contribution in [2.24, 2.45) is 7.05 Å². The first-order valence-corrected chi connectivity index (χ1v) is 6.11. The number of sulfone groups is 1. The first kappa shape index (κ1) is 11.2. The second-order valence-electron chi connectivity index (χ2n) is 3.66. The van der Waals surface area contributed by atoms with Crippen molar-refractivity contribution in [1.82, 2.24) is 0 Å². The van der Waals surface area contributed by atoms with Gasteiger partial charge in [0.05, 0.1) is 5.25 Å². The summed E-state index contributed by atoms with van der Waals surface area (Å²) >= 11 is 0. The van der Waals surface area contributed by atoms with Crippen LogP contribution in [0.5, 0.6) is 0 Å². The van der Waals surface area contributed by atoms with E-state index < -0.39 is 9.84 Å². The lowest BCUT2D eigenvalue weighted by Gasteiger charge is -2.08. The van der Waals surface area contributed by atoms with Gasteiger partial charge in [-0.1, -0.05) is 0 Å². The van der Waals surface area contributed by atoms with E-state index in [0.29, 0.717) is 4.90 Å². The summed E-state index contributed by atoms with van der Waals surface area (Å²) in [6.45, 7) is 5.21. The highest BCUT2D eigenvalue weighted by molar-refractivity contribution is 7.92. The zero-order valence-corrected chi connectivity index (χ0v) is 9.80. The average molecular weight is 214 g/mol. The molecule has 0 unspecified atom stereocenters. The van der Waals surface area contributed by atoms with E-state index in [1.165, 1.54) is 0 Å². The van der Waals surface area contributed by atoms with Gasteiger partial charge in [-0.3, -0.25) is 0 Å². The van der Waals surface area contributed by atoms with Crippen molar-refractivity contribution >= 4 is 9.84 Å². The Morgan fingerprint density at radius 3 is 2.43 bits per heavy atom. The highest BCUT2D eigenvalue weighted by Crippen LogP contribution is 2.16. The van der Waals surface area contributed by atoms with Crippen LogP contribution in [0.3, 0.4) is 0 Å². The van der Waals surface area contributed by atoms with Gasteiger partial charge in [-0.05, 0) is 19.9 Å². The molecule has 1 aromatic rings. The second-order valence-corrected chi connectivity index (χ2v) is 6.14. The molecule has 1 heterocycles. The molecule has 3 nitrogen and oxygen atoms in total. The SMILES string of the molecule is Cc1c(S(=O)(=O)C(C)C)ccc[n+]1C. The molecule has 0 aliphatic carbocycles. The predicted octanol–water partition coefficient (Wildman–Crippen LogP) is 1.00. The molecule has 14 heavy (non-hydrogen) atoms. The first-order chi connectivity index (χ1) is 6.37. The summed E-state index contributed by atoms with van der Waals surface area (Å²) in [5.74, 6) is 0. The Labute approximate surface area is 85.3 Å². The van der Waals surface area contributed by atoms with Crippen molar-refractivity contribution in [2.45, 2.75) is 30.9 Å². The number of hydrogen-bond acceptors (Lipinski definition) is 2. The lowest BCUT2D eigenvalue weighted by molar-refractivity contribution is -0.679. The number of rotatable bonds is 2. The van der Waals surface area contributed by atoms with Gasteiger partial charge in [0, 0.05) is 13.0 Å². The van der Waals surface area contributed by atoms with E-state index in [-0.39, 0.29) is 5.25 Å². The van der Waals surface area contributed by atoms with E-state index in [1.807, 2.05) is 24.7 Å². The van der Waals surface area contributed by atoms with Gasteiger partial charge >= 0.3 is 0 Å². The quantitative estimate of drug-likeness (QED) is 0.689. The topological polar surface area (TPSA) is 38.0 Å². The van der Waals surface area contributed by atoms with Crippen molar-refractivity contribution in [3.05, 3.63) is 24.0 Å². The van der Waals surface area contributed by atoms with Crippen LogP contribution in [0.2, 0.25) is 0 Å². The summed E-state index contributed by atoms with van der Waals surface area (Å²) in [4.78, 5) is 0.428. The predicted molar refractivity (Wildman–Crippen MR) is 54.7 cm³/mol. The van der Waals surface area contributed by atoms with Gasteiger partial charge in [-0.15, -0.1) is 0 Å². The van der Waals surface area contributed by atoms with E-state index in [0.717, 1.165) is 5.69 Å². The van der Waals surface area contributed by atoms with E-state index in [9.17, 15) is 8.42 Å². The Morgan fingerprint density at radius 1 is 1.36 bits per heavy atom. The zero-order valence-electron chi connectivity index (χ0n) is 8.98. The van der Waals surface area contributed by atoms with Crippen LogP contribution in [-0.4, -0.2) is 13.7 Å². The van der Waals surface area contributed by atoms with E-state index in [1.54, 1.807) is 26.0 Å². The van der Waals surface area contributed by atoms with Gasteiger partial charge in [0.1, 0.15) is 11.9 Å². The molecule has 78 valence electrons. The molecule has 0 saturated carbocycles. The maximum Gasteiger partial charge on any atom is 0.196 e. The van der Waals surface area contributed by atoms with Crippen LogP contribution in [0.15, 0.2) is 23.2 Å². The van der Waals surface area contributed by atoms with Gasteiger partial charge in [0.25, 0.3) is 0 Å². The summed E-state index contributed by atoms with van der Waals surface area (Å²) < 4.78 is 25.6. The van der Waals surface area contributed by atoms with Crippen molar-refractivity contribution in [3.8, 4) is 0 Å². The highest BCUT2D eigenvalue weighted by atomic mass is 32.2. The van der Waals surface area contributed by atoms with Crippen LogP contribution < -0.4 is 4.57 Å². The van der Waals surface area contributed by atoms with Crippen LogP contribution in [0.25, 0.3) is 0 Å². The lowest BCUT2D eigenvalue weighted by atomic mass is 10.4. The molecule has 4 heteroatoms. The Morgan fingerprint density at radius 2 is 1.93 bits per heavy atom. The number of aromatic nitrogens is 1. The third-order valence-corrected chi connectivity index (χ3v) is 4.66. The van der Waals surface area contributed by atoms with E-state index >= 15 is 0 Å². The minimum absolute atomic E-state index is 0.372. The normalized spacial score (nSPS) is 12.1. The van der Waals surface area contributed by atoms with E-state index in [4.69, 9.17) is 0 Å². The average Bonchev–Trinajstić information content (AvgIpc) is 2.09. The molecule has 0 bridgehead atoms. The van der Waals surface area contributed by atoms with Gasteiger partial charge < -0.3 is 0 Å². The smallest absolute Gasteiger partial charge is 0.196 e. The Bertz CT molecular complexity index is 435. The molecule has 0 saturated heterocycles. The van der Waals surface area contributed by atoms with Crippen LogP contribution in [-0.2, 0) is 16.9 Å². The Balaban J connectivity index is 3.42. The van der Waals surface area contributed by atoms with Gasteiger partial charge in [0.2, 0.25) is 0 Å². The fourth-order valence-corrected chi connectivity index (χ4v) is 2.55. The standard InChI is InChI=1S/C10H16NO2S/c1-8(2)14(12,13)10-6-5-7-11(4)9(10)3/h5-8H,1-4H3/q+1. The fraction of sp³-hybridized carbons (Fsp3) is 0.500. The molecule has 0 fully saturated rings. The lowest BCUT2D eigenvalue weighted by Crippen LogP contribution is -2.34. The summed E-state index contributed by atoms with van der Waals surface area (Å²) in [7, 11) is -1.31. The van der Waals surface area contributed by atoms with Crippen molar-refractivity contribution in [3.63, 3.8) is 0 Å². The molecule has 0 N–H and O–H groups in total. The molecular formula is C10H16NO2S+. The minimum Gasteiger partial charge on any atom is -0.223 e. The third kappa shape index (κ3) is 1.80. The van der Waals surface area contributed by atoms with Crippen LogP contribution >= 0.6 is 0 Å². The first-order valence-electron chi connectivity index (χ1n) is 4.56. The molecule has 0 amide bonds. The molecule has 0 radical (unpaired) electrons. The summed E-state index contributed by atoms with van der Waals surface area (Å²) in [6.07, 6.45) is 1.84. The Kier molecular flexibility index (Phi) is 2.95. The summed E-state index contributed by atoms with van der Waals surface area (Å²) in [5, 5.41) is -0.372. The van der Waals surface area contributed by atoms with Gasteiger partial charge in [0.15, 0.2) is 21.7 Å². The largest absolute Gasteiger partial charge is 0.223 e. The molecule has 0 aliphatic heterocycles. The second kappa shape index (κ2) is 3.69. The van der Waals surface area contributed by atoms with Crippen LogP contribution in [0, 0.1) is 6.92 Å². The van der Waals surface area contributed by atoms with Crippen LogP contribution in [0.1, 0.15) is 19.5 Å². The molecule has 0 atom stereocenters. The number of nitrogens with zero attached hydrogens (tertiary/aromatic N) is 1. The molecule has 0 spiro atoms. The van der Waals surface area contributed by atoms with Gasteiger partial charge in [-0.2, -0.15) is 0 Å². The van der Waals surface area contributed by atoms with Crippen LogP contribution in [0.4, 0.5) is 0 Å². The highest BCUT2D eigenvalue weighted by Gasteiger charge is 2.24. The molecule has 1 rings (SSSR count). The molecule has 1 aromatic heterocycles. The number of aryl methyl sites for hydroxylation is 1. The van der Waals surface area contributed by atoms with E-state index in [2.05, 4.69) is 0 Å². The maximum absolute atomic E-state index is 11.9. The van der Waals surface area contributed by atoms with Crippen molar-refractivity contribution in [1.29, 1.82) is 0 Å². The summed E-state index contributed by atoms with van der Waals surface area (Å²) in [6, 6.07) is 3.41. The molecular weight excluding hydrogens is 198 g/mol. The maximum atomic E-state index is 11.9. The molecule has 0 aliphatic rings. The monoisotopic (exact) mass is 214 g/mol.